The Bertz CT molecular complexity index is 408. The van der Waals surface area contributed by atoms with Crippen molar-refractivity contribution in [3.63, 3.8) is 0 Å². The zero-order valence-electron chi connectivity index (χ0n) is 11.5. The summed E-state index contributed by atoms with van der Waals surface area (Å²) in [6, 6.07) is 10.2. The molecule has 1 aliphatic carbocycles. The van der Waals surface area contributed by atoms with E-state index in [1.54, 1.807) is 0 Å². The van der Waals surface area contributed by atoms with Gasteiger partial charge in [0, 0.05) is 0 Å². The van der Waals surface area contributed by atoms with Gasteiger partial charge in [0.15, 0.2) is 0 Å². The van der Waals surface area contributed by atoms with Crippen LogP contribution in [0.1, 0.15) is 52.0 Å². The first-order valence-corrected chi connectivity index (χ1v) is 6.73. The van der Waals surface area contributed by atoms with Gasteiger partial charge in [-0.25, -0.2) is 0 Å². The Labute approximate surface area is 109 Å². The minimum absolute atomic E-state index is 0.103. The lowest BCUT2D eigenvalue weighted by atomic mass is 9.90. The second-order valence-corrected chi connectivity index (χ2v) is 6.21. The molecule has 1 aliphatic rings. The Hall–Kier alpha value is -1.31. The van der Waals surface area contributed by atoms with Gasteiger partial charge in [0.2, 0.25) is 0 Å². The van der Waals surface area contributed by atoms with Gasteiger partial charge in [-0.3, -0.25) is 4.79 Å². The first-order chi connectivity index (χ1) is 8.44. The Morgan fingerprint density at radius 3 is 2.17 bits per heavy atom. The molecule has 1 fully saturated rings. The van der Waals surface area contributed by atoms with Crippen molar-refractivity contribution in [1.29, 1.82) is 0 Å². The number of benzene rings is 1. The monoisotopic (exact) mass is 246 g/mol. The van der Waals surface area contributed by atoms with E-state index >= 15 is 0 Å². The van der Waals surface area contributed by atoms with Gasteiger partial charge in [-0.05, 0) is 52.0 Å². The zero-order chi connectivity index (χ0) is 13.2. The third-order valence-electron chi connectivity index (χ3n) is 3.61. The van der Waals surface area contributed by atoms with Gasteiger partial charge < -0.3 is 4.74 Å². The van der Waals surface area contributed by atoms with Crippen LogP contribution in [0.5, 0.6) is 0 Å². The normalized spacial score (nSPS) is 18.6. The molecule has 0 amide bonds. The summed E-state index contributed by atoms with van der Waals surface area (Å²) in [7, 11) is 0. The summed E-state index contributed by atoms with van der Waals surface area (Å²) >= 11 is 0. The SMILES string of the molecule is CC(C)(C)C(=O)OC1(c2ccccc2)CCCC1. The van der Waals surface area contributed by atoms with E-state index in [9.17, 15) is 4.79 Å². The van der Waals surface area contributed by atoms with Gasteiger partial charge in [0.05, 0.1) is 5.41 Å². The molecule has 1 aromatic carbocycles. The van der Waals surface area contributed by atoms with Crippen molar-refractivity contribution in [2.45, 2.75) is 52.1 Å². The quantitative estimate of drug-likeness (QED) is 0.736. The van der Waals surface area contributed by atoms with Crippen LogP contribution >= 0.6 is 0 Å². The van der Waals surface area contributed by atoms with Crippen molar-refractivity contribution in [1.82, 2.24) is 0 Å². The fourth-order valence-electron chi connectivity index (χ4n) is 2.47. The summed E-state index contributed by atoms with van der Waals surface area (Å²) in [5, 5.41) is 0. The van der Waals surface area contributed by atoms with Crippen molar-refractivity contribution in [3.05, 3.63) is 35.9 Å². The number of esters is 1. The van der Waals surface area contributed by atoms with Crippen molar-refractivity contribution in [2.24, 2.45) is 5.41 Å². The summed E-state index contributed by atoms with van der Waals surface area (Å²) in [5.41, 5.74) is 0.316. The highest BCUT2D eigenvalue weighted by Crippen LogP contribution is 2.43. The van der Waals surface area contributed by atoms with Crippen LogP contribution in [0.3, 0.4) is 0 Å². The summed E-state index contributed by atoms with van der Waals surface area (Å²) < 4.78 is 5.91. The van der Waals surface area contributed by atoms with Crippen molar-refractivity contribution >= 4 is 5.97 Å². The molecule has 18 heavy (non-hydrogen) atoms. The molecule has 2 heteroatoms. The standard InChI is InChI=1S/C16H22O2/c1-15(2,3)14(17)18-16(11-7-8-12-16)13-9-5-4-6-10-13/h4-6,9-10H,7-8,11-12H2,1-3H3. The maximum absolute atomic E-state index is 12.2. The topological polar surface area (TPSA) is 26.3 Å². The molecular weight excluding hydrogens is 224 g/mol. The van der Waals surface area contributed by atoms with E-state index in [1.165, 1.54) is 0 Å². The molecular formula is C16H22O2. The molecule has 0 aromatic heterocycles. The number of ether oxygens (including phenoxy) is 1. The second kappa shape index (κ2) is 4.75. The average Bonchev–Trinajstić information content (AvgIpc) is 2.79. The maximum atomic E-state index is 12.2. The number of hydrogen-bond donors (Lipinski definition) is 0. The van der Waals surface area contributed by atoms with Crippen LogP contribution in [-0.4, -0.2) is 5.97 Å². The molecule has 0 N–H and O–H groups in total. The molecule has 1 aromatic rings. The molecule has 98 valence electrons. The number of carbonyl (C=O) groups excluding carboxylic acids is 1. The Balaban J connectivity index is 2.26. The summed E-state index contributed by atoms with van der Waals surface area (Å²) in [6.07, 6.45) is 4.15. The fourth-order valence-corrected chi connectivity index (χ4v) is 2.47. The number of rotatable bonds is 2. The molecule has 1 saturated carbocycles. The average molecular weight is 246 g/mol. The second-order valence-electron chi connectivity index (χ2n) is 6.21. The van der Waals surface area contributed by atoms with Crippen molar-refractivity contribution in [2.75, 3.05) is 0 Å². The minimum Gasteiger partial charge on any atom is -0.454 e. The van der Waals surface area contributed by atoms with Crippen LogP contribution in [0.15, 0.2) is 30.3 Å². The van der Waals surface area contributed by atoms with E-state index in [0.29, 0.717) is 0 Å². The molecule has 0 aliphatic heterocycles. The van der Waals surface area contributed by atoms with Gasteiger partial charge in [0.1, 0.15) is 5.60 Å². The highest BCUT2D eigenvalue weighted by molar-refractivity contribution is 5.76. The highest BCUT2D eigenvalue weighted by atomic mass is 16.6. The van der Waals surface area contributed by atoms with E-state index in [1.807, 2.05) is 39.0 Å². The number of carbonyl (C=O) groups is 1. The molecule has 0 radical (unpaired) electrons. The van der Waals surface area contributed by atoms with Crippen molar-refractivity contribution < 1.29 is 9.53 Å². The molecule has 2 nitrogen and oxygen atoms in total. The first-order valence-electron chi connectivity index (χ1n) is 6.73. The smallest absolute Gasteiger partial charge is 0.312 e. The van der Waals surface area contributed by atoms with Gasteiger partial charge in [-0.15, -0.1) is 0 Å². The van der Waals surface area contributed by atoms with E-state index in [0.717, 1.165) is 31.2 Å². The van der Waals surface area contributed by atoms with Crippen molar-refractivity contribution in [3.8, 4) is 0 Å². The summed E-state index contributed by atoms with van der Waals surface area (Å²) in [5.74, 6) is -0.103. The predicted octanol–water partition coefficient (Wildman–Crippen LogP) is 4.05. The third-order valence-corrected chi connectivity index (χ3v) is 3.61. The lowest BCUT2D eigenvalue weighted by molar-refractivity contribution is -0.170. The highest BCUT2D eigenvalue weighted by Gasteiger charge is 2.41. The Kier molecular flexibility index (Phi) is 3.47. The van der Waals surface area contributed by atoms with Crippen LogP contribution < -0.4 is 0 Å². The van der Waals surface area contributed by atoms with Crippen LogP contribution in [0.4, 0.5) is 0 Å². The molecule has 0 saturated heterocycles. The van der Waals surface area contributed by atoms with Gasteiger partial charge >= 0.3 is 5.97 Å². The van der Waals surface area contributed by atoms with Crippen LogP contribution in [0, 0.1) is 5.41 Å². The van der Waals surface area contributed by atoms with E-state index in [2.05, 4.69) is 12.1 Å². The molecule has 0 unspecified atom stereocenters. The van der Waals surface area contributed by atoms with Crippen LogP contribution in [0.2, 0.25) is 0 Å². The summed E-state index contributed by atoms with van der Waals surface area (Å²) in [4.78, 5) is 12.2. The Morgan fingerprint density at radius 1 is 1.11 bits per heavy atom. The first kappa shape index (κ1) is 13.1. The van der Waals surface area contributed by atoms with Gasteiger partial charge in [0.25, 0.3) is 0 Å². The summed E-state index contributed by atoms with van der Waals surface area (Å²) in [6.45, 7) is 5.72. The lowest BCUT2D eigenvalue weighted by Gasteiger charge is -2.32. The van der Waals surface area contributed by atoms with Crippen LogP contribution in [-0.2, 0) is 15.1 Å². The molecule has 2 rings (SSSR count). The maximum Gasteiger partial charge on any atom is 0.312 e. The van der Waals surface area contributed by atoms with E-state index in [4.69, 9.17) is 4.74 Å². The zero-order valence-corrected chi connectivity index (χ0v) is 11.5. The molecule has 0 bridgehead atoms. The van der Waals surface area contributed by atoms with Gasteiger partial charge in [-0.2, -0.15) is 0 Å². The lowest BCUT2D eigenvalue weighted by Crippen LogP contribution is -2.34. The Morgan fingerprint density at radius 2 is 1.67 bits per heavy atom. The number of hydrogen-bond acceptors (Lipinski definition) is 2. The predicted molar refractivity (Wildman–Crippen MR) is 72.1 cm³/mol. The van der Waals surface area contributed by atoms with Crippen LogP contribution in [0.25, 0.3) is 0 Å². The molecule has 0 spiro atoms. The van der Waals surface area contributed by atoms with E-state index in [-0.39, 0.29) is 11.6 Å². The van der Waals surface area contributed by atoms with E-state index < -0.39 is 5.41 Å². The largest absolute Gasteiger partial charge is 0.454 e. The minimum atomic E-state index is -0.440. The molecule has 0 atom stereocenters. The van der Waals surface area contributed by atoms with Gasteiger partial charge in [-0.1, -0.05) is 30.3 Å². The molecule has 0 heterocycles. The third kappa shape index (κ3) is 2.58. The fraction of sp³-hybridized carbons (Fsp3) is 0.562.